The first-order valence-corrected chi connectivity index (χ1v) is 7.68. The van der Waals surface area contributed by atoms with Crippen LogP contribution in [0.2, 0.25) is 0 Å². The molecule has 6 heteroatoms. The highest BCUT2D eigenvalue weighted by atomic mass is 32.2. The van der Waals surface area contributed by atoms with Crippen molar-refractivity contribution in [3.8, 4) is 0 Å². The highest BCUT2D eigenvalue weighted by Crippen LogP contribution is 2.05. The van der Waals surface area contributed by atoms with E-state index in [9.17, 15) is 8.42 Å². The van der Waals surface area contributed by atoms with Gasteiger partial charge in [-0.05, 0) is 24.8 Å². The maximum absolute atomic E-state index is 12.1. The van der Waals surface area contributed by atoms with Crippen molar-refractivity contribution in [1.29, 1.82) is 0 Å². The second-order valence-electron chi connectivity index (χ2n) is 5.14. The molecular weight excluding hydrogens is 238 g/mol. The Morgan fingerprint density at radius 3 is 2.18 bits per heavy atom. The summed E-state index contributed by atoms with van der Waals surface area (Å²) in [5.41, 5.74) is 5.43. The van der Waals surface area contributed by atoms with Crippen LogP contribution in [0.15, 0.2) is 0 Å². The Kier molecular flexibility index (Phi) is 7.94. The lowest BCUT2D eigenvalue weighted by atomic mass is 10.2. The van der Waals surface area contributed by atoms with Gasteiger partial charge in [-0.25, -0.2) is 4.72 Å². The molecule has 0 unspecified atom stereocenters. The number of nitrogens with zero attached hydrogens (tertiary/aromatic N) is 1. The van der Waals surface area contributed by atoms with E-state index >= 15 is 0 Å². The summed E-state index contributed by atoms with van der Waals surface area (Å²) < 4.78 is 28.2. The zero-order chi connectivity index (χ0) is 13.5. The molecule has 0 bridgehead atoms. The minimum absolute atomic E-state index is 0.306. The number of hydrogen-bond acceptors (Lipinski definition) is 3. The molecule has 0 aromatic rings. The average molecular weight is 265 g/mol. The van der Waals surface area contributed by atoms with E-state index < -0.39 is 10.2 Å². The summed E-state index contributed by atoms with van der Waals surface area (Å²) in [6.07, 6.45) is 0.690. The third kappa shape index (κ3) is 7.70. The van der Waals surface area contributed by atoms with Gasteiger partial charge in [0.25, 0.3) is 10.2 Å². The summed E-state index contributed by atoms with van der Waals surface area (Å²) in [6, 6.07) is 0. The van der Waals surface area contributed by atoms with Gasteiger partial charge in [-0.3, -0.25) is 0 Å². The Bertz CT molecular complexity index is 289. The Hall–Kier alpha value is -0.170. The van der Waals surface area contributed by atoms with Gasteiger partial charge in [0.05, 0.1) is 0 Å². The standard InChI is InChI=1S/C11H27N3O2S/c1-10(2)8-13-17(15,16)14(7-5-6-12)9-11(3)4/h10-11,13H,5-9,12H2,1-4H3. The van der Waals surface area contributed by atoms with Crippen molar-refractivity contribution in [3.05, 3.63) is 0 Å². The molecular formula is C11H27N3O2S. The second-order valence-corrected chi connectivity index (χ2v) is 6.90. The van der Waals surface area contributed by atoms with Crippen LogP contribution in [-0.4, -0.2) is 38.9 Å². The van der Waals surface area contributed by atoms with E-state index in [4.69, 9.17) is 5.73 Å². The van der Waals surface area contributed by atoms with Crippen LogP contribution in [0, 0.1) is 11.8 Å². The van der Waals surface area contributed by atoms with Crippen LogP contribution >= 0.6 is 0 Å². The van der Waals surface area contributed by atoms with Crippen LogP contribution in [0.3, 0.4) is 0 Å². The van der Waals surface area contributed by atoms with E-state index in [2.05, 4.69) is 4.72 Å². The Morgan fingerprint density at radius 2 is 1.76 bits per heavy atom. The molecule has 0 aliphatic carbocycles. The molecule has 0 atom stereocenters. The van der Waals surface area contributed by atoms with Crippen molar-refractivity contribution in [3.63, 3.8) is 0 Å². The topological polar surface area (TPSA) is 75.4 Å². The maximum Gasteiger partial charge on any atom is 0.279 e. The molecule has 17 heavy (non-hydrogen) atoms. The van der Waals surface area contributed by atoms with Crippen molar-refractivity contribution >= 4 is 10.2 Å². The summed E-state index contributed by atoms with van der Waals surface area (Å²) in [7, 11) is -3.36. The quantitative estimate of drug-likeness (QED) is 0.647. The van der Waals surface area contributed by atoms with Crippen molar-refractivity contribution in [1.82, 2.24) is 9.03 Å². The van der Waals surface area contributed by atoms with Gasteiger partial charge >= 0.3 is 0 Å². The zero-order valence-electron chi connectivity index (χ0n) is 11.4. The van der Waals surface area contributed by atoms with E-state index in [0.29, 0.717) is 44.4 Å². The molecule has 3 N–H and O–H groups in total. The molecule has 0 aliphatic rings. The number of hydrogen-bond donors (Lipinski definition) is 2. The lowest BCUT2D eigenvalue weighted by Gasteiger charge is -2.24. The molecule has 104 valence electrons. The van der Waals surface area contributed by atoms with Gasteiger partial charge in [0.1, 0.15) is 0 Å². The van der Waals surface area contributed by atoms with Gasteiger partial charge in [0, 0.05) is 19.6 Å². The van der Waals surface area contributed by atoms with Crippen LogP contribution < -0.4 is 10.5 Å². The van der Waals surface area contributed by atoms with Gasteiger partial charge in [-0.2, -0.15) is 12.7 Å². The van der Waals surface area contributed by atoms with Crippen LogP contribution in [0.5, 0.6) is 0 Å². The normalized spacial score (nSPS) is 12.9. The smallest absolute Gasteiger partial charge is 0.279 e. The molecule has 0 saturated carbocycles. The van der Waals surface area contributed by atoms with Crippen LogP contribution in [0.1, 0.15) is 34.1 Å². The molecule has 5 nitrogen and oxygen atoms in total. The number of rotatable bonds is 9. The lowest BCUT2D eigenvalue weighted by molar-refractivity contribution is 0.357. The van der Waals surface area contributed by atoms with Gasteiger partial charge in [-0.15, -0.1) is 0 Å². The third-order valence-electron chi connectivity index (χ3n) is 2.19. The molecule has 0 heterocycles. The maximum atomic E-state index is 12.1. The molecule has 0 saturated heterocycles. The number of nitrogens with two attached hydrogens (primary N) is 1. The Balaban J connectivity index is 4.52. The van der Waals surface area contributed by atoms with Crippen molar-refractivity contribution in [2.24, 2.45) is 17.6 Å². The van der Waals surface area contributed by atoms with E-state index in [1.807, 2.05) is 27.7 Å². The van der Waals surface area contributed by atoms with Crippen LogP contribution in [-0.2, 0) is 10.2 Å². The minimum atomic E-state index is -3.36. The fourth-order valence-corrected chi connectivity index (χ4v) is 2.94. The van der Waals surface area contributed by atoms with Crippen molar-refractivity contribution < 1.29 is 8.42 Å². The fraction of sp³-hybridized carbons (Fsp3) is 1.00. The van der Waals surface area contributed by atoms with E-state index in [-0.39, 0.29) is 0 Å². The molecule has 0 radical (unpaired) electrons. The third-order valence-corrected chi connectivity index (χ3v) is 3.74. The van der Waals surface area contributed by atoms with Crippen LogP contribution in [0.25, 0.3) is 0 Å². The zero-order valence-corrected chi connectivity index (χ0v) is 12.3. The van der Waals surface area contributed by atoms with Gasteiger partial charge in [-0.1, -0.05) is 27.7 Å². The summed E-state index contributed by atoms with van der Waals surface area (Å²) >= 11 is 0. The van der Waals surface area contributed by atoms with E-state index in [1.165, 1.54) is 4.31 Å². The molecule has 0 aromatic heterocycles. The average Bonchev–Trinajstić information content (AvgIpc) is 2.21. The van der Waals surface area contributed by atoms with Crippen molar-refractivity contribution in [2.75, 3.05) is 26.2 Å². The monoisotopic (exact) mass is 265 g/mol. The molecule has 0 aliphatic heterocycles. The summed E-state index contributed by atoms with van der Waals surface area (Å²) in [5.74, 6) is 0.614. The first-order valence-electron chi connectivity index (χ1n) is 6.24. The predicted molar refractivity (Wildman–Crippen MR) is 71.8 cm³/mol. The SMILES string of the molecule is CC(C)CNS(=O)(=O)N(CCCN)CC(C)C. The molecule has 0 fully saturated rings. The largest absolute Gasteiger partial charge is 0.330 e. The molecule has 0 aromatic carbocycles. The highest BCUT2D eigenvalue weighted by Gasteiger charge is 2.21. The van der Waals surface area contributed by atoms with Gasteiger partial charge < -0.3 is 5.73 Å². The molecule has 0 rings (SSSR count). The Labute approximate surface area is 106 Å². The predicted octanol–water partition coefficient (Wildman–Crippen LogP) is 0.784. The first kappa shape index (κ1) is 16.8. The van der Waals surface area contributed by atoms with E-state index in [1.54, 1.807) is 0 Å². The highest BCUT2D eigenvalue weighted by molar-refractivity contribution is 7.87. The lowest BCUT2D eigenvalue weighted by Crippen LogP contribution is -2.44. The molecule has 0 amide bonds. The summed E-state index contributed by atoms with van der Waals surface area (Å²) in [4.78, 5) is 0. The van der Waals surface area contributed by atoms with Gasteiger partial charge in [0.15, 0.2) is 0 Å². The summed E-state index contributed by atoms with van der Waals surface area (Å²) in [6.45, 7) is 9.98. The minimum Gasteiger partial charge on any atom is -0.330 e. The first-order chi connectivity index (χ1) is 7.79. The fourth-order valence-electron chi connectivity index (χ4n) is 1.35. The number of nitrogens with one attached hydrogen (secondary N) is 1. The van der Waals surface area contributed by atoms with Gasteiger partial charge in [0.2, 0.25) is 0 Å². The van der Waals surface area contributed by atoms with Crippen LogP contribution in [0.4, 0.5) is 0 Å². The molecule has 0 spiro atoms. The second kappa shape index (κ2) is 8.02. The Morgan fingerprint density at radius 1 is 1.18 bits per heavy atom. The summed E-state index contributed by atoms with van der Waals surface area (Å²) in [5, 5.41) is 0. The van der Waals surface area contributed by atoms with Crippen molar-refractivity contribution in [2.45, 2.75) is 34.1 Å². The van der Waals surface area contributed by atoms with E-state index in [0.717, 1.165) is 0 Å².